The van der Waals surface area contributed by atoms with Gasteiger partial charge in [-0.3, -0.25) is 0 Å². The molecule has 2 heterocycles. The Labute approximate surface area is 369 Å². The number of rotatable bonds is 4. The molecule has 1 atom stereocenters. The summed E-state index contributed by atoms with van der Waals surface area (Å²) in [7, 11) is 0. The first-order valence-electron chi connectivity index (χ1n) is 22.0. The predicted octanol–water partition coefficient (Wildman–Crippen LogP) is 16.6. The summed E-state index contributed by atoms with van der Waals surface area (Å²) in [6, 6.07) is 81.8. The number of furan rings is 2. The summed E-state index contributed by atoms with van der Waals surface area (Å²) in [5, 5.41) is 4.42. The zero-order valence-electron chi connectivity index (χ0n) is 34.6. The van der Waals surface area contributed by atoms with Gasteiger partial charge in [-0.15, -0.1) is 0 Å². The highest BCUT2D eigenvalue weighted by Crippen LogP contribution is 2.63. The molecule has 0 bridgehead atoms. The van der Waals surface area contributed by atoms with Gasteiger partial charge in [-0.25, -0.2) is 0 Å². The Hall–Kier alpha value is -8.40. The first kappa shape index (κ1) is 35.2. The summed E-state index contributed by atoms with van der Waals surface area (Å²) in [6.07, 6.45) is 0. The average Bonchev–Trinajstić information content (AvgIpc) is 4.00. The summed E-state index contributed by atoms with van der Waals surface area (Å²) in [5.41, 5.74) is 20.6. The van der Waals surface area contributed by atoms with Crippen molar-refractivity contribution in [3.05, 3.63) is 247 Å². The third-order valence-electron chi connectivity index (χ3n) is 13.9. The van der Waals surface area contributed by atoms with E-state index < -0.39 is 5.41 Å². The van der Waals surface area contributed by atoms with Gasteiger partial charge in [-0.2, -0.15) is 0 Å². The zero-order valence-corrected chi connectivity index (χ0v) is 34.6. The minimum Gasteiger partial charge on any atom is -0.456 e. The van der Waals surface area contributed by atoms with Crippen molar-refractivity contribution in [3.63, 3.8) is 0 Å². The number of nitrogens with zero attached hydrogens (tertiary/aromatic N) is 1. The van der Waals surface area contributed by atoms with E-state index in [4.69, 9.17) is 8.83 Å². The van der Waals surface area contributed by atoms with Crippen molar-refractivity contribution >= 4 is 60.9 Å². The van der Waals surface area contributed by atoms with Crippen molar-refractivity contribution in [2.45, 2.75) is 5.41 Å². The van der Waals surface area contributed by atoms with Crippen LogP contribution in [-0.4, -0.2) is 0 Å². The highest BCUT2D eigenvalue weighted by molar-refractivity contribution is 6.14. The molecule has 2 aliphatic carbocycles. The Bertz CT molecular complexity index is 3860. The lowest BCUT2D eigenvalue weighted by Crippen LogP contribution is -2.29. The highest BCUT2D eigenvalue weighted by atomic mass is 16.3. The normalized spacial score (nSPS) is 14.6. The maximum atomic E-state index is 6.75. The molecule has 1 unspecified atom stereocenters. The SMILES string of the molecule is c1ccc(-c2ccc(N(c3ccc4c(c3)C3(c5ccccc5-c5ccccc5-4)c4ccccc4-c4cc5c(cc43)oc3ccccc35)c3cccc4oc5ccccc5c34)cc2)cc1. The van der Waals surface area contributed by atoms with Gasteiger partial charge in [0, 0.05) is 27.5 Å². The second-order valence-corrected chi connectivity index (χ2v) is 17.1. The van der Waals surface area contributed by atoms with Gasteiger partial charge >= 0.3 is 0 Å². The summed E-state index contributed by atoms with van der Waals surface area (Å²) in [4.78, 5) is 2.43. The molecule has 1 spiro atoms. The monoisotopic (exact) mass is 815 g/mol. The van der Waals surface area contributed by atoms with E-state index in [2.05, 4.69) is 223 Å². The van der Waals surface area contributed by atoms with Crippen molar-refractivity contribution in [3.8, 4) is 44.5 Å². The molecule has 3 heteroatoms. The van der Waals surface area contributed by atoms with Crippen LogP contribution < -0.4 is 4.90 Å². The predicted molar refractivity (Wildman–Crippen MR) is 263 cm³/mol. The van der Waals surface area contributed by atoms with Crippen molar-refractivity contribution in [2.24, 2.45) is 0 Å². The molecule has 64 heavy (non-hydrogen) atoms. The van der Waals surface area contributed by atoms with Gasteiger partial charge in [0.15, 0.2) is 0 Å². The Morgan fingerprint density at radius 2 is 0.828 bits per heavy atom. The van der Waals surface area contributed by atoms with Crippen LogP contribution in [0.15, 0.2) is 233 Å². The topological polar surface area (TPSA) is 29.5 Å². The van der Waals surface area contributed by atoms with E-state index >= 15 is 0 Å². The molecule has 298 valence electrons. The zero-order chi connectivity index (χ0) is 41.9. The second kappa shape index (κ2) is 13.3. The Balaban J connectivity index is 1.11. The Morgan fingerprint density at radius 3 is 1.58 bits per heavy atom. The van der Waals surface area contributed by atoms with E-state index in [1.807, 2.05) is 6.07 Å². The summed E-state index contributed by atoms with van der Waals surface area (Å²) < 4.78 is 13.3. The quantitative estimate of drug-likeness (QED) is 0.177. The molecule has 0 aliphatic heterocycles. The highest BCUT2D eigenvalue weighted by Gasteiger charge is 2.50. The Morgan fingerprint density at radius 1 is 0.297 bits per heavy atom. The van der Waals surface area contributed by atoms with E-state index in [0.717, 1.165) is 60.9 Å². The van der Waals surface area contributed by atoms with E-state index in [1.54, 1.807) is 0 Å². The largest absolute Gasteiger partial charge is 0.456 e. The van der Waals surface area contributed by atoms with Crippen molar-refractivity contribution in [2.75, 3.05) is 4.90 Å². The minimum absolute atomic E-state index is 0.711. The first-order valence-corrected chi connectivity index (χ1v) is 22.0. The van der Waals surface area contributed by atoms with E-state index in [9.17, 15) is 0 Å². The van der Waals surface area contributed by atoms with Crippen molar-refractivity contribution in [1.29, 1.82) is 0 Å². The third kappa shape index (κ3) is 4.81. The maximum Gasteiger partial charge on any atom is 0.137 e. The molecule has 12 aromatic rings. The van der Waals surface area contributed by atoms with E-state index in [1.165, 1.54) is 66.8 Å². The lowest BCUT2D eigenvalue weighted by Gasteiger charge is -2.36. The molecule has 2 aromatic heterocycles. The molecular formula is C61H37NO2. The van der Waals surface area contributed by atoms with Gasteiger partial charge < -0.3 is 13.7 Å². The maximum absolute atomic E-state index is 6.75. The molecule has 14 rings (SSSR count). The fraction of sp³-hybridized carbons (Fsp3) is 0.0164. The van der Waals surface area contributed by atoms with Crippen molar-refractivity contribution in [1.82, 2.24) is 0 Å². The van der Waals surface area contributed by atoms with Crippen LogP contribution in [0.3, 0.4) is 0 Å². The molecule has 3 nitrogen and oxygen atoms in total. The third-order valence-corrected chi connectivity index (χ3v) is 13.9. The molecule has 0 N–H and O–H groups in total. The van der Waals surface area contributed by atoms with Crippen molar-refractivity contribution < 1.29 is 8.83 Å². The number of fused-ring (bicyclic) bond motifs is 18. The van der Waals surface area contributed by atoms with Gasteiger partial charge in [-0.05, 0) is 127 Å². The number of para-hydroxylation sites is 2. The summed E-state index contributed by atoms with van der Waals surface area (Å²) >= 11 is 0. The molecule has 2 aliphatic rings. The number of hydrogen-bond acceptors (Lipinski definition) is 3. The van der Waals surface area contributed by atoms with Crippen LogP contribution in [0.4, 0.5) is 17.1 Å². The fourth-order valence-corrected chi connectivity index (χ4v) is 11.2. The van der Waals surface area contributed by atoms with E-state index in [0.29, 0.717) is 0 Å². The van der Waals surface area contributed by atoms with Crippen LogP contribution in [0.5, 0.6) is 0 Å². The number of benzene rings is 10. The molecule has 0 saturated heterocycles. The molecular weight excluding hydrogens is 779 g/mol. The van der Waals surface area contributed by atoms with Gasteiger partial charge in [0.1, 0.15) is 22.3 Å². The number of hydrogen-bond donors (Lipinski definition) is 0. The van der Waals surface area contributed by atoms with Crippen LogP contribution in [0.1, 0.15) is 22.3 Å². The second-order valence-electron chi connectivity index (χ2n) is 17.1. The van der Waals surface area contributed by atoms with Crippen LogP contribution in [-0.2, 0) is 5.41 Å². The molecule has 10 aromatic carbocycles. The summed E-state index contributed by atoms with van der Waals surface area (Å²) in [6.45, 7) is 0. The van der Waals surface area contributed by atoms with Gasteiger partial charge in [-0.1, -0.05) is 164 Å². The van der Waals surface area contributed by atoms with Gasteiger partial charge in [0.05, 0.1) is 16.5 Å². The molecule has 0 saturated carbocycles. The number of anilines is 3. The average molecular weight is 816 g/mol. The smallest absolute Gasteiger partial charge is 0.137 e. The van der Waals surface area contributed by atoms with Gasteiger partial charge in [0.25, 0.3) is 0 Å². The lowest BCUT2D eigenvalue weighted by atomic mass is 9.65. The van der Waals surface area contributed by atoms with Crippen LogP contribution in [0.25, 0.3) is 88.4 Å². The Kier molecular flexibility index (Phi) is 7.32. The fourth-order valence-electron chi connectivity index (χ4n) is 11.2. The lowest BCUT2D eigenvalue weighted by molar-refractivity contribution is 0.666. The molecule has 0 fully saturated rings. The first-order chi connectivity index (χ1) is 31.7. The molecule has 0 radical (unpaired) electrons. The van der Waals surface area contributed by atoms with E-state index in [-0.39, 0.29) is 0 Å². The van der Waals surface area contributed by atoms with Crippen LogP contribution >= 0.6 is 0 Å². The van der Waals surface area contributed by atoms with Gasteiger partial charge in [0.2, 0.25) is 0 Å². The minimum atomic E-state index is -0.711. The summed E-state index contributed by atoms with van der Waals surface area (Å²) in [5.74, 6) is 0. The van der Waals surface area contributed by atoms with Crippen LogP contribution in [0.2, 0.25) is 0 Å². The van der Waals surface area contributed by atoms with Crippen LogP contribution in [0, 0.1) is 0 Å². The molecule has 0 amide bonds. The standard InChI is InChI=1S/C61H37NO2/c1-2-15-38(16-3-1)39-29-31-40(32-30-39)62(55-25-14-28-58-60(55)48-22-9-13-27-57(48)63-58)41-33-34-46-43-18-5-4-17-42(43)44-19-6-10-23-51(44)61(53(46)35-41)52-24-11-7-20-45(52)49-36-50-47-21-8-12-26-56(47)64-59(50)37-54(49)61/h1-37H.